The molecule has 0 amide bonds. The van der Waals surface area contributed by atoms with Gasteiger partial charge in [0.1, 0.15) is 6.61 Å². The number of hydrogen-bond acceptors (Lipinski definition) is 4. The fourth-order valence-corrected chi connectivity index (χ4v) is 2.69. The Hall–Kier alpha value is -2.72. The van der Waals surface area contributed by atoms with Gasteiger partial charge < -0.3 is 9.64 Å². The average Bonchev–Trinajstić information content (AvgIpc) is 2.70. The number of carbonyl (C=O) groups is 1. The first-order chi connectivity index (χ1) is 11.6. The van der Waals surface area contributed by atoms with Gasteiger partial charge in [0.15, 0.2) is 5.43 Å². The minimum absolute atomic E-state index is 0.0754. The zero-order chi connectivity index (χ0) is 17.1. The van der Waals surface area contributed by atoms with Gasteiger partial charge in [-0.1, -0.05) is 48.5 Å². The van der Waals surface area contributed by atoms with Crippen LogP contribution < -0.4 is 5.43 Å². The van der Waals surface area contributed by atoms with Crippen LogP contribution in [0.2, 0.25) is 0 Å². The van der Waals surface area contributed by atoms with Gasteiger partial charge in [0.2, 0.25) is 0 Å². The second-order valence-electron chi connectivity index (χ2n) is 5.96. The minimum atomic E-state index is -0.409. The average molecular weight is 321 g/mol. The van der Waals surface area contributed by atoms with E-state index < -0.39 is 5.97 Å². The lowest BCUT2D eigenvalue weighted by Crippen LogP contribution is -2.20. The van der Waals surface area contributed by atoms with Crippen molar-refractivity contribution in [2.75, 3.05) is 27.2 Å². The summed E-state index contributed by atoms with van der Waals surface area (Å²) in [5, 5.41) is 2.48. The topological polar surface area (TPSA) is 46.6 Å². The molecule has 0 heterocycles. The highest BCUT2D eigenvalue weighted by molar-refractivity contribution is 6.07. The zero-order valence-electron chi connectivity index (χ0n) is 13.8. The summed E-state index contributed by atoms with van der Waals surface area (Å²) in [5.74, 6) is -0.409. The number of hydrogen-bond donors (Lipinski definition) is 0. The third-order valence-electron chi connectivity index (χ3n) is 3.96. The van der Waals surface area contributed by atoms with Gasteiger partial charge in [0.25, 0.3) is 0 Å². The third-order valence-corrected chi connectivity index (χ3v) is 3.96. The molecule has 0 unspecified atom stereocenters. The van der Waals surface area contributed by atoms with Gasteiger partial charge in [-0.2, -0.15) is 0 Å². The van der Waals surface area contributed by atoms with Crippen molar-refractivity contribution >= 4 is 27.5 Å². The number of fused-ring (bicyclic) bond motifs is 2. The normalized spacial score (nSPS) is 11.1. The van der Waals surface area contributed by atoms with Crippen LogP contribution in [0.4, 0.5) is 0 Å². The lowest BCUT2D eigenvalue weighted by molar-refractivity contribution is 0.0484. The maximum Gasteiger partial charge on any atom is 0.338 e. The molecule has 0 radical (unpaired) electrons. The van der Waals surface area contributed by atoms with Gasteiger partial charge in [0, 0.05) is 22.7 Å². The van der Waals surface area contributed by atoms with Crippen LogP contribution in [0.25, 0.3) is 21.5 Å². The van der Waals surface area contributed by atoms with Gasteiger partial charge in [-0.25, -0.2) is 4.79 Å². The molecule has 0 N–H and O–H groups in total. The predicted octanol–water partition coefficient (Wildman–Crippen LogP) is 3.07. The number of rotatable bonds is 4. The Morgan fingerprint density at radius 3 is 2.29 bits per heavy atom. The quantitative estimate of drug-likeness (QED) is 0.693. The number of carbonyl (C=O) groups excluding carboxylic acids is 1. The van der Waals surface area contributed by atoms with E-state index in [2.05, 4.69) is 0 Å². The molecule has 0 aliphatic carbocycles. The first-order valence-corrected chi connectivity index (χ1v) is 7.84. The smallest absolute Gasteiger partial charge is 0.338 e. The molecule has 3 aromatic carbocycles. The largest absolute Gasteiger partial charge is 0.461 e. The van der Waals surface area contributed by atoms with Crippen LogP contribution in [0.3, 0.4) is 0 Å². The van der Waals surface area contributed by atoms with Gasteiger partial charge in [-0.05, 0) is 25.5 Å². The summed E-state index contributed by atoms with van der Waals surface area (Å²) in [6.45, 7) is 0.955. The molecule has 24 heavy (non-hydrogen) atoms. The molecule has 3 aromatic rings. The van der Waals surface area contributed by atoms with E-state index in [1.165, 1.54) is 0 Å². The van der Waals surface area contributed by atoms with Gasteiger partial charge >= 0.3 is 5.97 Å². The van der Waals surface area contributed by atoms with Gasteiger partial charge in [-0.15, -0.1) is 0 Å². The van der Waals surface area contributed by atoms with Crippen LogP contribution in [-0.4, -0.2) is 38.1 Å². The monoisotopic (exact) mass is 321 g/mol. The molecule has 4 nitrogen and oxygen atoms in total. The lowest BCUT2D eigenvalue weighted by Gasteiger charge is -2.10. The zero-order valence-corrected chi connectivity index (χ0v) is 13.8. The summed E-state index contributed by atoms with van der Waals surface area (Å²) in [6, 6.07) is 16.2. The molecule has 4 heteroatoms. The van der Waals surface area contributed by atoms with Crippen molar-refractivity contribution in [3.05, 3.63) is 70.4 Å². The summed E-state index contributed by atoms with van der Waals surface area (Å²) in [5.41, 5.74) is 0.344. The van der Waals surface area contributed by atoms with Crippen LogP contribution in [0, 0.1) is 0 Å². The molecule has 0 aromatic heterocycles. The molecule has 0 aliphatic rings. The maximum absolute atomic E-state index is 12.8. The van der Waals surface area contributed by atoms with Crippen LogP contribution >= 0.6 is 0 Å². The van der Waals surface area contributed by atoms with Gasteiger partial charge in [-0.3, -0.25) is 4.79 Å². The third kappa shape index (κ3) is 3.14. The van der Waals surface area contributed by atoms with E-state index in [4.69, 9.17) is 4.74 Å². The second-order valence-corrected chi connectivity index (χ2v) is 5.96. The number of benzene rings is 2. The summed E-state index contributed by atoms with van der Waals surface area (Å²) in [4.78, 5) is 27.3. The van der Waals surface area contributed by atoms with E-state index in [-0.39, 0.29) is 5.43 Å². The molecule has 122 valence electrons. The number of nitrogens with zero attached hydrogens (tertiary/aromatic N) is 1. The second kappa shape index (κ2) is 6.81. The minimum Gasteiger partial charge on any atom is -0.461 e. The molecule has 3 rings (SSSR count). The number of esters is 1. The summed E-state index contributed by atoms with van der Waals surface area (Å²) >= 11 is 0. The Morgan fingerprint density at radius 2 is 1.58 bits per heavy atom. The molecular formula is C20H19NO3. The van der Waals surface area contributed by atoms with E-state index in [0.29, 0.717) is 34.9 Å². The van der Waals surface area contributed by atoms with Crippen molar-refractivity contribution in [3.8, 4) is 0 Å². The van der Waals surface area contributed by atoms with Crippen LogP contribution in [-0.2, 0) is 4.74 Å². The maximum atomic E-state index is 12.8. The van der Waals surface area contributed by atoms with Crippen molar-refractivity contribution in [1.29, 1.82) is 0 Å². The lowest BCUT2D eigenvalue weighted by atomic mass is 10.1. The number of likely N-dealkylation sites (N-methyl/N-ethyl adjacent to an activating group) is 1. The summed E-state index contributed by atoms with van der Waals surface area (Å²) in [6.07, 6.45) is 0. The van der Waals surface area contributed by atoms with Crippen molar-refractivity contribution in [1.82, 2.24) is 4.90 Å². The molecular weight excluding hydrogens is 302 g/mol. The van der Waals surface area contributed by atoms with E-state index in [0.717, 1.165) is 5.39 Å². The Bertz CT molecular complexity index is 964. The van der Waals surface area contributed by atoms with E-state index in [1.54, 1.807) is 30.3 Å². The molecule has 0 saturated heterocycles. The first-order valence-electron chi connectivity index (χ1n) is 7.84. The molecule has 0 atom stereocenters. The standard InChI is InChI=1S/C20H19NO3/c1-21(2)11-12-24-20(23)18-13-14-7-3-4-8-15(14)19(22)17-10-6-5-9-16(17)18/h3-10,13H,11-12H2,1-2H3. The summed E-state index contributed by atoms with van der Waals surface area (Å²) < 4.78 is 5.39. The van der Waals surface area contributed by atoms with E-state index in [1.807, 2.05) is 43.3 Å². The Balaban J connectivity index is 2.20. The van der Waals surface area contributed by atoms with Crippen molar-refractivity contribution in [3.63, 3.8) is 0 Å². The predicted molar refractivity (Wildman–Crippen MR) is 96.6 cm³/mol. The fraction of sp³-hybridized carbons (Fsp3) is 0.200. The first kappa shape index (κ1) is 16.1. The highest BCUT2D eigenvalue weighted by Gasteiger charge is 2.14. The van der Waals surface area contributed by atoms with E-state index >= 15 is 0 Å². The Morgan fingerprint density at radius 1 is 0.958 bits per heavy atom. The Kier molecular flexibility index (Phi) is 4.58. The molecule has 0 fully saturated rings. The number of ether oxygens (including phenoxy) is 1. The highest BCUT2D eigenvalue weighted by Crippen LogP contribution is 2.21. The molecule has 0 spiro atoms. The van der Waals surface area contributed by atoms with E-state index in [9.17, 15) is 9.59 Å². The van der Waals surface area contributed by atoms with Crippen LogP contribution in [0.15, 0.2) is 59.4 Å². The molecule has 0 saturated carbocycles. The van der Waals surface area contributed by atoms with Crippen molar-refractivity contribution < 1.29 is 9.53 Å². The van der Waals surface area contributed by atoms with Crippen LogP contribution in [0.5, 0.6) is 0 Å². The fourth-order valence-electron chi connectivity index (χ4n) is 2.69. The summed E-state index contributed by atoms with van der Waals surface area (Å²) in [7, 11) is 3.84. The van der Waals surface area contributed by atoms with Crippen molar-refractivity contribution in [2.24, 2.45) is 0 Å². The SMILES string of the molecule is CN(C)CCOC(=O)c1cc2ccccc2c(=O)c2ccccc12. The highest BCUT2D eigenvalue weighted by atomic mass is 16.5. The van der Waals surface area contributed by atoms with Gasteiger partial charge in [0.05, 0.1) is 5.56 Å². The Labute approximate surface area is 140 Å². The van der Waals surface area contributed by atoms with Crippen molar-refractivity contribution in [2.45, 2.75) is 0 Å². The van der Waals surface area contributed by atoms with Crippen LogP contribution in [0.1, 0.15) is 10.4 Å². The molecule has 0 aliphatic heterocycles. The molecule has 0 bridgehead atoms.